The van der Waals surface area contributed by atoms with Crippen LogP contribution in [0.4, 0.5) is 4.39 Å². The van der Waals surface area contributed by atoms with E-state index in [1.807, 2.05) is 6.92 Å². The molecule has 21 heavy (non-hydrogen) atoms. The number of benzene rings is 1. The molecule has 0 radical (unpaired) electrons. The van der Waals surface area contributed by atoms with Crippen LogP contribution in [0.3, 0.4) is 0 Å². The molecule has 0 spiro atoms. The summed E-state index contributed by atoms with van der Waals surface area (Å²) in [6, 6.07) is 6.37. The van der Waals surface area contributed by atoms with Gasteiger partial charge < -0.3 is 10.2 Å². The molecule has 1 fully saturated rings. The number of nitrogens with one attached hydrogen (secondary N) is 1. The van der Waals surface area contributed by atoms with E-state index in [0.29, 0.717) is 12.1 Å². The number of rotatable bonds is 4. The normalized spacial score (nSPS) is 18.0. The summed E-state index contributed by atoms with van der Waals surface area (Å²) in [4.78, 5) is 16.2. The van der Waals surface area contributed by atoms with E-state index in [1.54, 1.807) is 30.1 Å². The van der Waals surface area contributed by atoms with Crippen molar-refractivity contribution in [2.24, 2.45) is 0 Å². The first-order valence-corrected chi connectivity index (χ1v) is 7.52. The number of likely N-dealkylation sites (N-methyl/N-ethyl adjacent to an activating group) is 1. The van der Waals surface area contributed by atoms with Crippen molar-refractivity contribution in [2.45, 2.75) is 19.4 Å². The van der Waals surface area contributed by atoms with Crippen LogP contribution in [0.1, 0.15) is 24.9 Å². The Labute approximate surface area is 125 Å². The minimum atomic E-state index is -0.261. The molecular formula is C16H24FN3O. The van der Waals surface area contributed by atoms with Crippen LogP contribution in [-0.4, -0.2) is 55.5 Å². The van der Waals surface area contributed by atoms with E-state index in [-0.39, 0.29) is 17.8 Å². The SMILES string of the molecule is CC(c1ccccc1F)N(C)C(=O)CN1CCCNCC1. The molecule has 1 heterocycles. The summed E-state index contributed by atoms with van der Waals surface area (Å²) in [6.45, 7) is 6.00. The second-order valence-corrected chi connectivity index (χ2v) is 5.58. The zero-order chi connectivity index (χ0) is 15.2. The number of carbonyl (C=O) groups excluding carboxylic acids is 1. The molecule has 1 N–H and O–H groups in total. The van der Waals surface area contributed by atoms with Gasteiger partial charge in [0, 0.05) is 25.7 Å². The fourth-order valence-corrected chi connectivity index (χ4v) is 2.60. The largest absolute Gasteiger partial charge is 0.338 e. The zero-order valence-corrected chi connectivity index (χ0v) is 12.8. The van der Waals surface area contributed by atoms with E-state index in [0.717, 1.165) is 32.6 Å². The lowest BCUT2D eigenvalue weighted by atomic mass is 10.1. The molecule has 5 heteroatoms. The van der Waals surface area contributed by atoms with Gasteiger partial charge in [0.2, 0.25) is 5.91 Å². The van der Waals surface area contributed by atoms with Gasteiger partial charge in [-0.1, -0.05) is 18.2 Å². The molecule has 1 atom stereocenters. The average Bonchev–Trinajstić information content (AvgIpc) is 2.75. The third-order valence-electron chi connectivity index (χ3n) is 4.12. The highest BCUT2D eigenvalue weighted by molar-refractivity contribution is 5.78. The van der Waals surface area contributed by atoms with Crippen LogP contribution < -0.4 is 5.32 Å². The molecule has 0 aromatic heterocycles. The number of carbonyl (C=O) groups is 1. The molecule has 1 aliphatic rings. The van der Waals surface area contributed by atoms with Gasteiger partial charge in [-0.05, 0) is 32.5 Å². The summed E-state index contributed by atoms with van der Waals surface area (Å²) < 4.78 is 13.8. The van der Waals surface area contributed by atoms with Gasteiger partial charge in [-0.2, -0.15) is 0 Å². The summed E-state index contributed by atoms with van der Waals surface area (Å²) in [5, 5.41) is 3.32. The first-order valence-electron chi connectivity index (χ1n) is 7.52. The third-order valence-corrected chi connectivity index (χ3v) is 4.12. The Morgan fingerprint density at radius 2 is 2.14 bits per heavy atom. The van der Waals surface area contributed by atoms with E-state index < -0.39 is 0 Å². The topological polar surface area (TPSA) is 35.6 Å². The lowest BCUT2D eigenvalue weighted by Gasteiger charge is -2.28. The van der Waals surface area contributed by atoms with Crippen LogP contribution >= 0.6 is 0 Å². The number of hydrogen-bond donors (Lipinski definition) is 1. The van der Waals surface area contributed by atoms with Gasteiger partial charge in [-0.3, -0.25) is 9.69 Å². The third kappa shape index (κ3) is 4.25. The Kier molecular flexibility index (Phi) is 5.70. The second kappa shape index (κ2) is 7.52. The standard InChI is InChI=1S/C16H24FN3O/c1-13(14-6-3-4-7-15(14)17)19(2)16(21)12-20-10-5-8-18-9-11-20/h3-4,6-7,13,18H,5,8-12H2,1-2H3. The second-order valence-electron chi connectivity index (χ2n) is 5.58. The van der Waals surface area contributed by atoms with Crippen molar-refractivity contribution in [2.75, 3.05) is 39.8 Å². The van der Waals surface area contributed by atoms with Gasteiger partial charge in [-0.25, -0.2) is 4.39 Å². The fourth-order valence-electron chi connectivity index (χ4n) is 2.60. The Hall–Kier alpha value is -1.46. The van der Waals surface area contributed by atoms with Gasteiger partial charge in [0.15, 0.2) is 0 Å². The molecule has 1 aromatic rings. The molecule has 4 nitrogen and oxygen atoms in total. The number of amides is 1. The summed E-state index contributed by atoms with van der Waals surface area (Å²) in [5.74, 6) is -0.226. The van der Waals surface area contributed by atoms with Crippen LogP contribution in [0.15, 0.2) is 24.3 Å². The minimum Gasteiger partial charge on any atom is -0.338 e. The molecule has 1 saturated heterocycles. The average molecular weight is 293 g/mol. The van der Waals surface area contributed by atoms with Gasteiger partial charge in [0.25, 0.3) is 0 Å². The van der Waals surface area contributed by atoms with Crippen LogP contribution in [0, 0.1) is 5.82 Å². The van der Waals surface area contributed by atoms with Crippen LogP contribution in [0.2, 0.25) is 0 Å². The van der Waals surface area contributed by atoms with E-state index >= 15 is 0 Å². The molecule has 116 valence electrons. The van der Waals surface area contributed by atoms with E-state index in [9.17, 15) is 9.18 Å². The van der Waals surface area contributed by atoms with Crippen molar-refractivity contribution in [3.63, 3.8) is 0 Å². The van der Waals surface area contributed by atoms with E-state index in [4.69, 9.17) is 0 Å². The lowest BCUT2D eigenvalue weighted by Crippen LogP contribution is -2.40. The molecule has 0 aliphatic carbocycles. The van der Waals surface area contributed by atoms with E-state index in [1.165, 1.54) is 6.07 Å². The van der Waals surface area contributed by atoms with Crippen molar-refractivity contribution in [1.82, 2.24) is 15.1 Å². The minimum absolute atomic E-state index is 0.0349. The molecule has 0 saturated carbocycles. The van der Waals surface area contributed by atoms with Gasteiger partial charge >= 0.3 is 0 Å². The maximum absolute atomic E-state index is 13.8. The lowest BCUT2D eigenvalue weighted by molar-refractivity contribution is -0.133. The van der Waals surface area contributed by atoms with Crippen LogP contribution in [0.5, 0.6) is 0 Å². The van der Waals surface area contributed by atoms with Gasteiger partial charge in [0.1, 0.15) is 5.82 Å². The van der Waals surface area contributed by atoms with Gasteiger partial charge in [0.05, 0.1) is 12.6 Å². The van der Waals surface area contributed by atoms with Crippen molar-refractivity contribution < 1.29 is 9.18 Å². The molecule has 2 rings (SSSR count). The Morgan fingerprint density at radius 1 is 1.38 bits per heavy atom. The smallest absolute Gasteiger partial charge is 0.236 e. The van der Waals surface area contributed by atoms with Crippen molar-refractivity contribution >= 4 is 5.91 Å². The summed E-state index contributed by atoms with van der Waals surface area (Å²) in [5.41, 5.74) is 0.561. The summed E-state index contributed by atoms with van der Waals surface area (Å²) in [6.07, 6.45) is 1.06. The Balaban J connectivity index is 1.96. The van der Waals surface area contributed by atoms with Crippen LogP contribution in [-0.2, 0) is 4.79 Å². The molecule has 1 amide bonds. The summed E-state index contributed by atoms with van der Waals surface area (Å²) in [7, 11) is 1.75. The Bertz CT molecular complexity index is 472. The Morgan fingerprint density at radius 3 is 2.90 bits per heavy atom. The van der Waals surface area contributed by atoms with Gasteiger partial charge in [-0.15, -0.1) is 0 Å². The highest BCUT2D eigenvalue weighted by atomic mass is 19.1. The first kappa shape index (κ1) is 15.9. The summed E-state index contributed by atoms with van der Waals surface area (Å²) >= 11 is 0. The molecule has 0 bridgehead atoms. The number of nitrogens with zero attached hydrogens (tertiary/aromatic N) is 2. The molecular weight excluding hydrogens is 269 g/mol. The van der Waals surface area contributed by atoms with E-state index in [2.05, 4.69) is 10.2 Å². The first-order chi connectivity index (χ1) is 10.1. The maximum atomic E-state index is 13.8. The predicted octanol–water partition coefficient (Wildman–Crippen LogP) is 1.64. The quantitative estimate of drug-likeness (QED) is 0.917. The highest BCUT2D eigenvalue weighted by Gasteiger charge is 2.22. The number of hydrogen-bond acceptors (Lipinski definition) is 3. The monoisotopic (exact) mass is 293 g/mol. The molecule has 1 aromatic carbocycles. The molecule has 1 unspecified atom stereocenters. The zero-order valence-electron chi connectivity index (χ0n) is 12.8. The highest BCUT2D eigenvalue weighted by Crippen LogP contribution is 2.21. The fraction of sp³-hybridized carbons (Fsp3) is 0.562. The van der Waals surface area contributed by atoms with Crippen molar-refractivity contribution in [3.8, 4) is 0 Å². The van der Waals surface area contributed by atoms with Crippen LogP contribution in [0.25, 0.3) is 0 Å². The predicted molar refractivity (Wildman–Crippen MR) is 81.5 cm³/mol. The van der Waals surface area contributed by atoms with Crippen molar-refractivity contribution in [1.29, 1.82) is 0 Å². The van der Waals surface area contributed by atoms with Crippen molar-refractivity contribution in [3.05, 3.63) is 35.6 Å². The number of halogens is 1. The molecule has 1 aliphatic heterocycles. The maximum Gasteiger partial charge on any atom is 0.236 e.